The fraction of sp³-hybridized carbons (Fsp3) is 0.360. The van der Waals surface area contributed by atoms with Crippen molar-refractivity contribution in [2.45, 2.75) is 45.4 Å². The minimum atomic E-state index is -0.336. The van der Waals surface area contributed by atoms with Gasteiger partial charge in [0, 0.05) is 17.8 Å². The van der Waals surface area contributed by atoms with E-state index >= 15 is 0 Å². The summed E-state index contributed by atoms with van der Waals surface area (Å²) < 4.78 is 7.11. The Balaban J connectivity index is 1.71. The lowest BCUT2D eigenvalue weighted by molar-refractivity contribution is -0.113. The molecule has 3 aromatic rings. The van der Waals surface area contributed by atoms with Gasteiger partial charge < -0.3 is 19.9 Å². The van der Waals surface area contributed by atoms with Crippen molar-refractivity contribution in [3.05, 3.63) is 65.5 Å². The van der Waals surface area contributed by atoms with Crippen molar-refractivity contribution in [1.29, 1.82) is 0 Å². The van der Waals surface area contributed by atoms with Crippen LogP contribution in [0, 0.1) is 12.8 Å². The normalized spacial score (nSPS) is 11.8. The number of aromatic nitrogens is 3. The molecule has 2 aromatic carbocycles. The lowest BCUT2D eigenvalue weighted by Gasteiger charge is -2.22. The zero-order valence-corrected chi connectivity index (χ0v) is 21.0. The van der Waals surface area contributed by atoms with Crippen molar-refractivity contribution in [2.75, 3.05) is 18.2 Å². The Kier molecular flexibility index (Phi) is 8.70. The number of carbonyl (C=O) groups is 2. The minimum Gasteiger partial charge on any atom is -0.497 e. The minimum absolute atomic E-state index is 0.0823. The van der Waals surface area contributed by atoms with Crippen LogP contribution in [-0.4, -0.2) is 39.4 Å². The Labute approximate surface area is 204 Å². The first-order chi connectivity index (χ1) is 16.3. The van der Waals surface area contributed by atoms with Crippen molar-refractivity contribution in [3.8, 4) is 5.75 Å². The number of rotatable bonds is 10. The Morgan fingerprint density at radius 2 is 1.79 bits per heavy atom. The molecule has 3 rings (SSSR count). The number of nitrogens with zero attached hydrogens (tertiary/aromatic N) is 3. The van der Waals surface area contributed by atoms with Gasteiger partial charge in [0.1, 0.15) is 5.75 Å². The number of hydrogen-bond donors (Lipinski definition) is 2. The first-order valence-corrected chi connectivity index (χ1v) is 12.2. The highest BCUT2D eigenvalue weighted by atomic mass is 32.2. The molecular weight excluding hydrogens is 450 g/mol. The molecule has 0 saturated heterocycles. The quantitative estimate of drug-likeness (QED) is 0.415. The summed E-state index contributed by atoms with van der Waals surface area (Å²) in [6.07, 6.45) is 0. The second-order valence-corrected chi connectivity index (χ2v) is 9.10. The number of aryl methyl sites for hydroxylation is 1. The van der Waals surface area contributed by atoms with Crippen molar-refractivity contribution in [2.24, 2.45) is 5.92 Å². The summed E-state index contributed by atoms with van der Waals surface area (Å²) in [6, 6.07) is 14.3. The number of thioether (sulfide) groups is 1. The Bertz CT molecular complexity index is 1130. The number of ether oxygens (including phenoxy) is 1. The molecule has 2 N–H and O–H groups in total. The van der Waals surface area contributed by atoms with Crippen LogP contribution in [0.15, 0.2) is 53.7 Å². The molecule has 1 aromatic heterocycles. The van der Waals surface area contributed by atoms with Gasteiger partial charge >= 0.3 is 0 Å². The van der Waals surface area contributed by atoms with Crippen molar-refractivity contribution < 1.29 is 14.3 Å². The molecule has 2 amide bonds. The molecule has 34 heavy (non-hydrogen) atoms. The second-order valence-electron chi connectivity index (χ2n) is 8.16. The summed E-state index contributed by atoms with van der Waals surface area (Å²) in [6.45, 7) is 8.61. The summed E-state index contributed by atoms with van der Waals surface area (Å²) in [5.41, 5.74) is 2.34. The van der Waals surface area contributed by atoms with Gasteiger partial charge in [-0.05, 0) is 55.7 Å². The van der Waals surface area contributed by atoms with Gasteiger partial charge in [-0.1, -0.05) is 43.8 Å². The van der Waals surface area contributed by atoms with E-state index in [0.29, 0.717) is 28.8 Å². The highest BCUT2D eigenvalue weighted by Gasteiger charge is 2.26. The molecule has 0 saturated carbocycles. The standard InChI is InChI=1S/C25H31N5O3S/c1-6-30-23(22(16(2)3)27-24(32)18-11-13-19(33-5)14-12-18)28-29-25(30)34-15-21(31)26-20-10-8-7-9-17(20)4/h7-14,16,22H,6,15H2,1-5H3,(H,26,31)(H,27,32)/t22-/m0/s1. The fourth-order valence-corrected chi connectivity index (χ4v) is 4.27. The van der Waals surface area contributed by atoms with Gasteiger partial charge in [0.05, 0.1) is 18.9 Å². The van der Waals surface area contributed by atoms with E-state index in [4.69, 9.17) is 4.74 Å². The predicted molar refractivity (Wildman–Crippen MR) is 134 cm³/mol. The van der Waals surface area contributed by atoms with E-state index in [-0.39, 0.29) is 29.5 Å². The van der Waals surface area contributed by atoms with Crippen LogP contribution in [-0.2, 0) is 11.3 Å². The molecule has 0 spiro atoms. The van der Waals surface area contributed by atoms with Crippen LogP contribution in [0.3, 0.4) is 0 Å². The van der Waals surface area contributed by atoms with Crippen LogP contribution in [0.2, 0.25) is 0 Å². The molecule has 0 unspecified atom stereocenters. The number of hydrogen-bond acceptors (Lipinski definition) is 6. The van der Waals surface area contributed by atoms with E-state index in [2.05, 4.69) is 20.8 Å². The molecule has 0 fully saturated rings. The van der Waals surface area contributed by atoms with Crippen LogP contribution in [0.25, 0.3) is 0 Å². The summed E-state index contributed by atoms with van der Waals surface area (Å²) in [4.78, 5) is 25.4. The van der Waals surface area contributed by atoms with Gasteiger partial charge in [0.25, 0.3) is 5.91 Å². The van der Waals surface area contributed by atoms with Crippen LogP contribution in [0.4, 0.5) is 5.69 Å². The lowest BCUT2D eigenvalue weighted by Crippen LogP contribution is -2.33. The molecule has 0 radical (unpaired) electrons. The Morgan fingerprint density at radius 3 is 2.41 bits per heavy atom. The molecular formula is C25H31N5O3S. The van der Waals surface area contributed by atoms with Gasteiger partial charge in [0.15, 0.2) is 11.0 Å². The number of amides is 2. The molecule has 0 bridgehead atoms. The third-order valence-corrected chi connectivity index (χ3v) is 6.36. The first-order valence-electron chi connectivity index (χ1n) is 11.2. The van der Waals surface area contributed by atoms with Gasteiger partial charge in [-0.3, -0.25) is 9.59 Å². The lowest BCUT2D eigenvalue weighted by atomic mass is 10.0. The van der Waals surface area contributed by atoms with Crippen molar-refractivity contribution in [3.63, 3.8) is 0 Å². The van der Waals surface area contributed by atoms with E-state index in [1.807, 2.05) is 56.5 Å². The van der Waals surface area contributed by atoms with Gasteiger partial charge in [-0.25, -0.2) is 0 Å². The maximum atomic E-state index is 12.9. The Morgan fingerprint density at radius 1 is 1.09 bits per heavy atom. The number of methoxy groups -OCH3 is 1. The van der Waals surface area contributed by atoms with Crippen LogP contribution >= 0.6 is 11.8 Å². The van der Waals surface area contributed by atoms with Crippen LogP contribution in [0.1, 0.15) is 48.6 Å². The number of para-hydroxylation sites is 1. The summed E-state index contributed by atoms with van der Waals surface area (Å²) in [5.74, 6) is 1.34. The van der Waals surface area contributed by atoms with Crippen LogP contribution in [0.5, 0.6) is 5.75 Å². The maximum Gasteiger partial charge on any atom is 0.251 e. The summed E-state index contributed by atoms with van der Waals surface area (Å²) in [5, 5.41) is 15.4. The topological polar surface area (TPSA) is 98.1 Å². The van der Waals surface area contributed by atoms with E-state index in [0.717, 1.165) is 11.3 Å². The third kappa shape index (κ3) is 6.17. The fourth-order valence-electron chi connectivity index (χ4n) is 3.46. The van der Waals surface area contributed by atoms with E-state index in [9.17, 15) is 9.59 Å². The average molecular weight is 482 g/mol. The molecule has 9 heteroatoms. The summed E-state index contributed by atoms with van der Waals surface area (Å²) >= 11 is 1.32. The molecule has 0 aliphatic carbocycles. The van der Waals surface area contributed by atoms with Gasteiger partial charge in [-0.2, -0.15) is 0 Å². The maximum absolute atomic E-state index is 12.9. The first kappa shape index (κ1) is 25.3. The van der Waals surface area contributed by atoms with Crippen LogP contribution < -0.4 is 15.4 Å². The number of nitrogens with one attached hydrogen (secondary N) is 2. The molecule has 180 valence electrons. The molecule has 1 heterocycles. The molecule has 0 aliphatic rings. The SMILES string of the molecule is CCn1c(SCC(=O)Nc2ccccc2C)nnc1[C@@H](NC(=O)c1ccc(OC)cc1)C(C)C. The second kappa shape index (κ2) is 11.7. The number of anilines is 1. The molecule has 8 nitrogen and oxygen atoms in total. The molecule has 1 atom stereocenters. The van der Waals surface area contributed by atoms with E-state index in [1.54, 1.807) is 31.4 Å². The third-order valence-electron chi connectivity index (χ3n) is 5.40. The Hall–Kier alpha value is -3.33. The van der Waals surface area contributed by atoms with Crippen molar-refractivity contribution >= 4 is 29.3 Å². The highest BCUT2D eigenvalue weighted by molar-refractivity contribution is 7.99. The average Bonchev–Trinajstić information content (AvgIpc) is 3.24. The molecule has 0 aliphatic heterocycles. The van der Waals surface area contributed by atoms with E-state index < -0.39 is 0 Å². The summed E-state index contributed by atoms with van der Waals surface area (Å²) in [7, 11) is 1.59. The van der Waals surface area contributed by atoms with Gasteiger partial charge in [-0.15, -0.1) is 10.2 Å². The highest BCUT2D eigenvalue weighted by Crippen LogP contribution is 2.26. The number of carbonyl (C=O) groups excluding carboxylic acids is 2. The predicted octanol–water partition coefficient (Wildman–Crippen LogP) is 4.47. The van der Waals surface area contributed by atoms with Gasteiger partial charge in [0.2, 0.25) is 5.91 Å². The van der Waals surface area contributed by atoms with E-state index in [1.165, 1.54) is 11.8 Å². The smallest absolute Gasteiger partial charge is 0.251 e. The zero-order chi connectivity index (χ0) is 24.7. The zero-order valence-electron chi connectivity index (χ0n) is 20.2. The monoisotopic (exact) mass is 481 g/mol. The largest absolute Gasteiger partial charge is 0.497 e. The van der Waals surface area contributed by atoms with Crippen molar-refractivity contribution in [1.82, 2.24) is 20.1 Å². The number of benzene rings is 2.